The quantitative estimate of drug-likeness (QED) is 0.142. The molecule has 0 amide bonds. The standard InChI is InChI=1S/C62H41NO/c1-4-16-53-46(12-1)15-11-22-54(53)47-28-24-42(25-29-47)44-32-36-51(37-33-44)63(60-40-49-13-2-5-18-56(49)57-19-7-8-20-58(57)60)52-38-34-45(35-39-52)43-26-30-48(31-27-43)55-17-6-9-21-59(55)62-41-50-14-3-10-23-61(50)64-62/h1-41H. The SMILES string of the molecule is c1ccc(-c2cc3ccccc3o2)c(-c2ccc(-c3ccc(N(c4ccc(-c5ccc(-c6cccc7ccccc67)cc5)cc4)c4cc5ccccc5c5ccccc45)cc3)cc2)c1. The molecule has 300 valence electrons. The first kappa shape index (κ1) is 37.3. The average molecular weight is 816 g/mol. The number of hydrogen-bond donors (Lipinski definition) is 0. The van der Waals surface area contributed by atoms with E-state index in [2.05, 4.69) is 235 Å². The first-order valence-electron chi connectivity index (χ1n) is 21.9. The minimum absolute atomic E-state index is 0.876. The summed E-state index contributed by atoms with van der Waals surface area (Å²) in [5.41, 5.74) is 14.8. The van der Waals surface area contributed by atoms with Crippen molar-refractivity contribution in [2.24, 2.45) is 0 Å². The average Bonchev–Trinajstić information content (AvgIpc) is 3.82. The van der Waals surface area contributed by atoms with Crippen LogP contribution < -0.4 is 4.90 Å². The van der Waals surface area contributed by atoms with E-state index in [0.717, 1.165) is 61.6 Å². The highest BCUT2D eigenvalue weighted by molar-refractivity contribution is 6.14. The van der Waals surface area contributed by atoms with Crippen molar-refractivity contribution < 1.29 is 4.42 Å². The molecule has 1 aromatic heterocycles. The highest BCUT2D eigenvalue weighted by Crippen LogP contribution is 2.43. The predicted molar refractivity (Wildman–Crippen MR) is 271 cm³/mol. The molecule has 0 bridgehead atoms. The maximum absolute atomic E-state index is 6.30. The van der Waals surface area contributed by atoms with Gasteiger partial charge in [0.2, 0.25) is 0 Å². The van der Waals surface area contributed by atoms with Gasteiger partial charge in [-0.05, 0) is 114 Å². The molecule has 0 aliphatic carbocycles. The lowest BCUT2D eigenvalue weighted by molar-refractivity contribution is 0.632. The first-order valence-corrected chi connectivity index (χ1v) is 21.9. The van der Waals surface area contributed by atoms with Gasteiger partial charge in [-0.15, -0.1) is 0 Å². The van der Waals surface area contributed by atoms with Gasteiger partial charge in [-0.2, -0.15) is 0 Å². The van der Waals surface area contributed by atoms with Gasteiger partial charge in [0.1, 0.15) is 11.3 Å². The second kappa shape index (κ2) is 15.8. The Balaban J connectivity index is 0.891. The van der Waals surface area contributed by atoms with Gasteiger partial charge in [-0.25, -0.2) is 0 Å². The van der Waals surface area contributed by atoms with Crippen LogP contribution >= 0.6 is 0 Å². The zero-order valence-corrected chi connectivity index (χ0v) is 35.0. The molecule has 0 aliphatic heterocycles. The summed E-state index contributed by atoms with van der Waals surface area (Å²) in [5, 5.41) is 8.54. The molecule has 0 saturated carbocycles. The largest absolute Gasteiger partial charge is 0.456 e. The van der Waals surface area contributed by atoms with Gasteiger partial charge in [-0.1, -0.05) is 206 Å². The van der Waals surface area contributed by atoms with E-state index in [1.54, 1.807) is 0 Å². The molecule has 0 N–H and O–H groups in total. The summed E-state index contributed by atoms with van der Waals surface area (Å²) >= 11 is 0. The van der Waals surface area contributed by atoms with Gasteiger partial charge in [0.15, 0.2) is 0 Å². The van der Waals surface area contributed by atoms with Crippen molar-refractivity contribution in [1.29, 1.82) is 0 Å². The number of furan rings is 1. The van der Waals surface area contributed by atoms with E-state index in [0.29, 0.717) is 0 Å². The molecule has 0 fully saturated rings. The number of benzene rings is 11. The maximum atomic E-state index is 6.30. The molecule has 0 radical (unpaired) electrons. The molecule has 64 heavy (non-hydrogen) atoms. The highest BCUT2D eigenvalue weighted by Gasteiger charge is 2.18. The van der Waals surface area contributed by atoms with Crippen molar-refractivity contribution in [1.82, 2.24) is 0 Å². The van der Waals surface area contributed by atoms with Crippen LogP contribution in [0.3, 0.4) is 0 Å². The Hall–Kier alpha value is -8.46. The van der Waals surface area contributed by atoms with E-state index < -0.39 is 0 Å². The van der Waals surface area contributed by atoms with Crippen molar-refractivity contribution in [2.45, 2.75) is 0 Å². The van der Waals surface area contributed by atoms with E-state index >= 15 is 0 Å². The molecule has 0 saturated heterocycles. The maximum Gasteiger partial charge on any atom is 0.136 e. The number of hydrogen-bond acceptors (Lipinski definition) is 2. The Morgan fingerprint density at radius 1 is 0.266 bits per heavy atom. The Kier molecular flexibility index (Phi) is 9.20. The number of para-hydroxylation sites is 1. The van der Waals surface area contributed by atoms with Gasteiger partial charge < -0.3 is 9.32 Å². The fourth-order valence-corrected chi connectivity index (χ4v) is 9.48. The Bertz CT molecular complexity index is 3600. The summed E-state index contributed by atoms with van der Waals surface area (Å²) in [6.07, 6.45) is 0. The number of anilines is 3. The Morgan fingerprint density at radius 3 is 1.34 bits per heavy atom. The second-order valence-electron chi connectivity index (χ2n) is 16.5. The van der Waals surface area contributed by atoms with E-state index in [9.17, 15) is 0 Å². The summed E-state index contributed by atoms with van der Waals surface area (Å²) < 4.78 is 6.30. The van der Waals surface area contributed by atoms with Gasteiger partial charge in [0, 0.05) is 27.7 Å². The van der Waals surface area contributed by atoms with Gasteiger partial charge in [0.05, 0.1) is 5.69 Å². The van der Waals surface area contributed by atoms with Crippen LogP contribution in [0.15, 0.2) is 253 Å². The highest BCUT2D eigenvalue weighted by atomic mass is 16.3. The van der Waals surface area contributed by atoms with E-state index in [-0.39, 0.29) is 0 Å². The second-order valence-corrected chi connectivity index (χ2v) is 16.5. The van der Waals surface area contributed by atoms with Crippen LogP contribution in [-0.4, -0.2) is 0 Å². The minimum atomic E-state index is 0.876. The normalized spacial score (nSPS) is 11.4. The minimum Gasteiger partial charge on any atom is -0.456 e. The topological polar surface area (TPSA) is 16.4 Å². The number of rotatable bonds is 8. The molecule has 1 heterocycles. The van der Waals surface area contributed by atoms with Crippen LogP contribution in [0.5, 0.6) is 0 Å². The zero-order chi connectivity index (χ0) is 42.4. The molecule has 0 aliphatic rings. The molecular weight excluding hydrogens is 775 g/mol. The molecule has 2 heteroatoms. The molecule has 12 rings (SSSR count). The van der Waals surface area contributed by atoms with Crippen molar-refractivity contribution in [3.8, 4) is 55.8 Å². The van der Waals surface area contributed by atoms with Crippen LogP contribution in [0.1, 0.15) is 0 Å². The monoisotopic (exact) mass is 815 g/mol. The van der Waals surface area contributed by atoms with Gasteiger partial charge >= 0.3 is 0 Å². The van der Waals surface area contributed by atoms with Crippen LogP contribution in [0, 0.1) is 0 Å². The lowest BCUT2D eigenvalue weighted by atomic mass is 9.95. The summed E-state index contributed by atoms with van der Waals surface area (Å²) in [5.74, 6) is 0.876. The zero-order valence-electron chi connectivity index (χ0n) is 35.0. The molecule has 0 atom stereocenters. The molecule has 11 aromatic carbocycles. The van der Waals surface area contributed by atoms with Crippen molar-refractivity contribution in [3.63, 3.8) is 0 Å². The Morgan fingerprint density at radius 2 is 0.703 bits per heavy atom. The first-order chi connectivity index (χ1) is 31.7. The molecular formula is C62H41NO. The van der Waals surface area contributed by atoms with Crippen LogP contribution in [0.4, 0.5) is 17.1 Å². The third-order valence-electron chi connectivity index (χ3n) is 12.7. The molecule has 2 nitrogen and oxygen atoms in total. The smallest absolute Gasteiger partial charge is 0.136 e. The summed E-state index contributed by atoms with van der Waals surface area (Å²) in [6, 6.07) is 89.6. The fourth-order valence-electron chi connectivity index (χ4n) is 9.48. The fraction of sp³-hybridized carbons (Fsp3) is 0. The van der Waals surface area contributed by atoms with Gasteiger partial charge in [-0.3, -0.25) is 0 Å². The Labute approximate surface area is 372 Å². The third kappa shape index (κ3) is 6.70. The number of nitrogens with zero attached hydrogens (tertiary/aromatic N) is 1. The molecule has 12 aromatic rings. The van der Waals surface area contributed by atoms with Crippen molar-refractivity contribution in [2.75, 3.05) is 4.90 Å². The molecule has 0 unspecified atom stereocenters. The summed E-state index contributed by atoms with van der Waals surface area (Å²) in [4.78, 5) is 2.41. The summed E-state index contributed by atoms with van der Waals surface area (Å²) in [7, 11) is 0. The van der Waals surface area contributed by atoms with Gasteiger partial charge in [0.25, 0.3) is 0 Å². The number of fused-ring (bicyclic) bond motifs is 5. The van der Waals surface area contributed by atoms with Crippen molar-refractivity contribution >= 4 is 60.3 Å². The lowest BCUT2D eigenvalue weighted by Crippen LogP contribution is -2.10. The third-order valence-corrected chi connectivity index (χ3v) is 12.7. The van der Waals surface area contributed by atoms with Crippen molar-refractivity contribution in [3.05, 3.63) is 249 Å². The predicted octanol–water partition coefficient (Wildman–Crippen LogP) is 17.7. The molecule has 0 spiro atoms. The van der Waals surface area contributed by atoms with Crippen LogP contribution in [-0.2, 0) is 0 Å². The van der Waals surface area contributed by atoms with E-state index in [4.69, 9.17) is 4.42 Å². The van der Waals surface area contributed by atoms with E-state index in [1.807, 2.05) is 18.2 Å². The van der Waals surface area contributed by atoms with Crippen LogP contribution in [0.25, 0.3) is 99.1 Å². The lowest BCUT2D eigenvalue weighted by Gasteiger charge is -2.28. The van der Waals surface area contributed by atoms with Crippen LogP contribution in [0.2, 0.25) is 0 Å². The van der Waals surface area contributed by atoms with E-state index in [1.165, 1.54) is 54.6 Å². The summed E-state index contributed by atoms with van der Waals surface area (Å²) in [6.45, 7) is 0.